The summed E-state index contributed by atoms with van der Waals surface area (Å²) in [6.45, 7) is 0. The summed E-state index contributed by atoms with van der Waals surface area (Å²) in [5.74, 6) is -0.866. The molecule has 3 rings (SSSR count). The third kappa shape index (κ3) is 2.79. The number of alkyl halides is 3. The molecule has 1 saturated carbocycles. The van der Waals surface area contributed by atoms with Gasteiger partial charge in [-0.25, -0.2) is 9.97 Å². The van der Waals surface area contributed by atoms with Crippen molar-refractivity contribution in [2.75, 3.05) is 0 Å². The second-order valence-electron chi connectivity index (χ2n) is 4.96. The van der Waals surface area contributed by atoms with Crippen LogP contribution in [0.15, 0.2) is 36.5 Å². The van der Waals surface area contributed by atoms with E-state index in [9.17, 15) is 18.0 Å². The monoisotopic (exact) mass is 292 g/mol. The molecule has 1 aliphatic carbocycles. The smallest absolute Gasteiger partial charge is 0.285 e. The number of hydrogen-bond donors (Lipinski definition) is 0. The summed E-state index contributed by atoms with van der Waals surface area (Å²) in [6.07, 6.45) is -2.44. The fraction of sp³-hybridized carbons (Fsp3) is 0.267. The van der Waals surface area contributed by atoms with Gasteiger partial charge in [0.05, 0.1) is 11.3 Å². The maximum absolute atomic E-state index is 12.9. The second-order valence-corrected chi connectivity index (χ2v) is 4.96. The highest BCUT2D eigenvalue weighted by Crippen LogP contribution is 2.44. The number of aromatic nitrogens is 2. The summed E-state index contributed by atoms with van der Waals surface area (Å²) in [6, 6.07) is 8.28. The number of carbonyl (C=O) groups excluding carboxylic acids is 1. The van der Waals surface area contributed by atoms with Crippen molar-refractivity contribution in [3.8, 4) is 0 Å². The van der Waals surface area contributed by atoms with E-state index in [0.717, 1.165) is 6.20 Å². The molecule has 1 heterocycles. The van der Waals surface area contributed by atoms with Crippen LogP contribution in [-0.2, 0) is 6.18 Å². The van der Waals surface area contributed by atoms with Gasteiger partial charge < -0.3 is 0 Å². The predicted molar refractivity (Wildman–Crippen MR) is 68.9 cm³/mol. The number of benzene rings is 1. The Bertz CT molecular complexity index is 679. The van der Waals surface area contributed by atoms with Crippen molar-refractivity contribution in [1.82, 2.24) is 9.97 Å². The quantitative estimate of drug-likeness (QED) is 0.812. The van der Waals surface area contributed by atoms with Crippen LogP contribution in [0.2, 0.25) is 0 Å². The zero-order valence-electron chi connectivity index (χ0n) is 10.9. The summed E-state index contributed by atoms with van der Waals surface area (Å²) < 4.78 is 38.8. The van der Waals surface area contributed by atoms with Gasteiger partial charge in [-0.1, -0.05) is 30.3 Å². The molecule has 0 saturated heterocycles. The normalized spacial score (nSPS) is 15.0. The van der Waals surface area contributed by atoms with Gasteiger partial charge in [0.1, 0.15) is 0 Å². The SMILES string of the molecule is O=C(c1ccccc1)c1ncc(C(F)(F)F)c(C2CC2)n1. The number of carbonyl (C=O) groups is 1. The number of ketones is 1. The van der Waals surface area contributed by atoms with E-state index >= 15 is 0 Å². The largest absolute Gasteiger partial charge is 0.419 e. The van der Waals surface area contributed by atoms with Crippen molar-refractivity contribution in [2.45, 2.75) is 24.9 Å². The summed E-state index contributed by atoms with van der Waals surface area (Å²) >= 11 is 0. The first-order valence-corrected chi connectivity index (χ1v) is 6.50. The number of rotatable bonds is 3. The molecule has 0 atom stereocenters. The molecule has 6 heteroatoms. The predicted octanol–water partition coefficient (Wildman–Crippen LogP) is 3.60. The first-order chi connectivity index (χ1) is 9.97. The molecule has 2 aromatic rings. The minimum atomic E-state index is -4.49. The first kappa shape index (κ1) is 13.7. The molecular formula is C15H11F3N2O. The molecule has 0 spiro atoms. The molecule has 0 aliphatic heterocycles. The van der Waals surface area contributed by atoms with Gasteiger partial charge in [0.25, 0.3) is 0 Å². The lowest BCUT2D eigenvalue weighted by Crippen LogP contribution is -2.15. The van der Waals surface area contributed by atoms with Crippen molar-refractivity contribution < 1.29 is 18.0 Å². The maximum atomic E-state index is 12.9. The lowest BCUT2D eigenvalue weighted by Gasteiger charge is -2.11. The molecule has 1 fully saturated rings. The molecule has 0 N–H and O–H groups in total. The molecule has 1 aliphatic rings. The fourth-order valence-corrected chi connectivity index (χ4v) is 2.11. The van der Waals surface area contributed by atoms with Crippen molar-refractivity contribution in [3.05, 3.63) is 59.2 Å². The van der Waals surface area contributed by atoms with Crippen molar-refractivity contribution in [3.63, 3.8) is 0 Å². The summed E-state index contributed by atoms with van der Waals surface area (Å²) in [5.41, 5.74) is -0.537. The Morgan fingerprint density at radius 1 is 1.14 bits per heavy atom. The maximum Gasteiger partial charge on any atom is 0.419 e. The zero-order valence-corrected chi connectivity index (χ0v) is 10.9. The minimum absolute atomic E-state index is 0.0585. The van der Waals surface area contributed by atoms with Crippen LogP contribution < -0.4 is 0 Å². The van der Waals surface area contributed by atoms with Crippen LogP contribution in [0.4, 0.5) is 13.2 Å². The summed E-state index contributed by atoms with van der Waals surface area (Å²) in [5, 5.41) is 0. The molecular weight excluding hydrogens is 281 g/mol. The minimum Gasteiger partial charge on any atom is -0.285 e. The van der Waals surface area contributed by atoms with Crippen LogP contribution in [0, 0.1) is 0 Å². The summed E-state index contributed by atoms with van der Waals surface area (Å²) in [4.78, 5) is 19.7. The van der Waals surface area contributed by atoms with Crippen LogP contribution >= 0.6 is 0 Å². The van der Waals surface area contributed by atoms with E-state index in [1.54, 1.807) is 30.3 Å². The van der Waals surface area contributed by atoms with Crippen LogP contribution in [-0.4, -0.2) is 15.8 Å². The highest BCUT2D eigenvalue weighted by molar-refractivity contribution is 6.06. The van der Waals surface area contributed by atoms with Gasteiger partial charge in [-0.2, -0.15) is 13.2 Å². The average molecular weight is 292 g/mol. The van der Waals surface area contributed by atoms with E-state index in [1.807, 2.05) is 0 Å². The lowest BCUT2D eigenvalue weighted by atomic mass is 10.1. The third-order valence-corrected chi connectivity index (χ3v) is 3.33. The van der Waals surface area contributed by atoms with Gasteiger partial charge in [-0.15, -0.1) is 0 Å². The van der Waals surface area contributed by atoms with Crippen LogP contribution in [0.3, 0.4) is 0 Å². The molecule has 1 aromatic carbocycles. The zero-order chi connectivity index (χ0) is 15.0. The van der Waals surface area contributed by atoms with E-state index in [4.69, 9.17) is 0 Å². The molecule has 108 valence electrons. The average Bonchev–Trinajstić information content (AvgIpc) is 3.30. The summed E-state index contributed by atoms with van der Waals surface area (Å²) in [7, 11) is 0. The Kier molecular flexibility index (Phi) is 3.23. The second kappa shape index (κ2) is 4.95. The Labute approximate surface area is 118 Å². The fourth-order valence-electron chi connectivity index (χ4n) is 2.11. The van der Waals surface area contributed by atoms with Gasteiger partial charge in [0, 0.05) is 17.7 Å². The molecule has 1 aromatic heterocycles. The lowest BCUT2D eigenvalue weighted by molar-refractivity contribution is -0.138. The van der Waals surface area contributed by atoms with Gasteiger partial charge in [-0.05, 0) is 12.8 Å². The van der Waals surface area contributed by atoms with E-state index in [0.29, 0.717) is 18.4 Å². The Morgan fingerprint density at radius 2 is 1.81 bits per heavy atom. The van der Waals surface area contributed by atoms with Crippen molar-refractivity contribution in [2.24, 2.45) is 0 Å². The van der Waals surface area contributed by atoms with Crippen LogP contribution in [0.5, 0.6) is 0 Å². The number of nitrogens with zero attached hydrogens (tertiary/aromatic N) is 2. The molecule has 21 heavy (non-hydrogen) atoms. The molecule has 0 amide bonds. The van der Waals surface area contributed by atoms with Crippen molar-refractivity contribution in [1.29, 1.82) is 0 Å². The molecule has 0 unspecified atom stereocenters. The highest BCUT2D eigenvalue weighted by Gasteiger charge is 2.40. The Morgan fingerprint density at radius 3 is 2.38 bits per heavy atom. The van der Waals surface area contributed by atoms with E-state index in [-0.39, 0.29) is 17.4 Å². The van der Waals surface area contributed by atoms with Gasteiger partial charge >= 0.3 is 6.18 Å². The van der Waals surface area contributed by atoms with E-state index in [1.165, 1.54) is 0 Å². The standard InChI is InChI=1S/C15H11F3N2O/c16-15(17,18)11-8-19-14(20-12(11)9-6-7-9)13(21)10-4-2-1-3-5-10/h1-5,8-9H,6-7H2. The molecule has 3 nitrogen and oxygen atoms in total. The number of halogens is 3. The van der Waals surface area contributed by atoms with Gasteiger partial charge in [-0.3, -0.25) is 4.79 Å². The van der Waals surface area contributed by atoms with Crippen molar-refractivity contribution >= 4 is 5.78 Å². The first-order valence-electron chi connectivity index (χ1n) is 6.50. The van der Waals surface area contributed by atoms with Crippen LogP contribution in [0.25, 0.3) is 0 Å². The van der Waals surface area contributed by atoms with E-state index < -0.39 is 17.5 Å². The highest BCUT2D eigenvalue weighted by atomic mass is 19.4. The molecule has 0 radical (unpaired) electrons. The number of hydrogen-bond acceptors (Lipinski definition) is 3. The Hall–Kier alpha value is -2.24. The molecule has 0 bridgehead atoms. The van der Waals surface area contributed by atoms with Crippen LogP contribution in [0.1, 0.15) is 46.2 Å². The third-order valence-electron chi connectivity index (χ3n) is 3.33. The van der Waals surface area contributed by atoms with Gasteiger partial charge in [0.15, 0.2) is 0 Å². The van der Waals surface area contributed by atoms with Gasteiger partial charge in [0.2, 0.25) is 11.6 Å². The van der Waals surface area contributed by atoms with E-state index in [2.05, 4.69) is 9.97 Å². The topological polar surface area (TPSA) is 42.9 Å². The Balaban J connectivity index is 2.02.